The van der Waals surface area contributed by atoms with E-state index in [9.17, 15) is 9.59 Å². The Kier molecular flexibility index (Phi) is 4.00. The van der Waals surface area contributed by atoms with Crippen LogP contribution in [0.2, 0.25) is 5.15 Å². The molecule has 2 N–H and O–H groups in total. The maximum Gasteiger partial charge on any atom is 0.335 e. The molecule has 0 spiro atoms. The minimum Gasteiger partial charge on any atom is -0.478 e. The highest BCUT2D eigenvalue weighted by Gasteiger charge is 2.10. The number of carbonyl (C=O) groups excluding carboxylic acids is 1. The molecule has 5 nitrogen and oxygen atoms in total. The SMILES string of the molecule is Cc1cc(NC(=O)c2ccnc(Cl)c2)ccc1C(=O)O. The number of aromatic nitrogens is 1. The van der Waals surface area contributed by atoms with E-state index in [1.807, 2.05) is 0 Å². The number of nitrogens with one attached hydrogen (secondary N) is 1. The van der Waals surface area contributed by atoms with Crippen molar-refractivity contribution in [3.05, 3.63) is 58.4 Å². The summed E-state index contributed by atoms with van der Waals surface area (Å²) < 4.78 is 0. The summed E-state index contributed by atoms with van der Waals surface area (Å²) in [7, 11) is 0. The van der Waals surface area contributed by atoms with Gasteiger partial charge in [0.1, 0.15) is 5.15 Å². The molecule has 1 amide bonds. The molecule has 1 aromatic carbocycles. The molecule has 20 heavy (non-hydrogen) atoms. The van der Waals surface area contributed by atoms with E-state index in [-0.39, 0.29) is 16.6 Å². The van der Waals surface area contributed by atoms with Crippen molar-refractivity contribution in [1.29, 1.82) is 0 Å². The highest BCUT2D eigenvalue weighted by Crippen LogP contribution is 2.16. The van der Waals surface area contributed by atoms with Crippen LogP contribution < -0.4 is 5.32 Å². The molecule has 2 aromatic rings. The van der Waals surface area contributed by atoms with Gasteiger partial charge in [-0.3, -0.25) is 4.79 Å². The van der Waals surface area contributed by atoms with Crippen LogP contribution in [0.5, 0.6) is 0 Å². The van der Waals surface area contributed by atoms with E-state index in [0.717, 1.165) is 0 Å². The van der Waals surface area contributed by atoms with Crippen LogP contribution in [0, 0.1) is 6.92 Å². The molecule has 102 valence electrons. The van der Waals surface area contributed by atoms with Gasteiger partial charge in [-0.1, -0.05) is 11.6 Å². The zero-order chi connectivity index (χ0) is 14.7. The Morgan fingerprint density at radius 3 is 2.60 bits per heavy atom. The van der Waals surface area contributed by atoms with E-state index < -0.39 is 5.97 Å². The smallest absolute Gasteiger partial charge is 0.335 e. The average molecular weight is 291 g/mol. The lowest BCUT2D eigenvalue weighted by atomic mass is 10.1. The molecule has 0 bridgehead atoms. The number of carbonyl (C=O) groups is 2. The van der Waals surface area contributed by atoms with Gasteiger partial charge >= 0.3 is 5.97 Å². The molecule has 0 radical (unpaired) electrons. The second-order valence-corrected chi connectivity index (χ2v) is 4.54. The first-order chi connectivity index (χ1) is 9.47. The number of carboxylic acid groups (broad SMARTS) is 1. The number of pyridine rings is 1. The molecule has 0 saturated heterocycles. The number of hydrogen-bond acceptors (Lipinski definition) is 3. The fourth-order valence-corrected chi connectivity index (χ4v) is 1.90. The molecule has 0 unspecified atom stereocenters. The third kappa shape index (κ3) is 3.13. The van der Waals surface area contributed by atoms with Gasteiger partial charge in [0.2, 0.25) is 0 Å². The summed E-state index contributed by atoms with van der Waals surface area (Å²) in [6.07, 6.45) is 1.44. The normalized spacial score (nSPS) is 10.1. The number of carboxylic acids is 1. The van der Waals surface area contributed by atoms with Crippen molar-refractivity contribution in [1.82, 2.24) is 4.98 Å². The van der Waals surface area contributed by atoms with Crippen LogP contribution >= 0.6 is 11.6 Å². The van der Waals surface area contributed by atoms with Crippen molar-refractivity contribution in [2.24, 2.45) is 0 Å². The van der Waals surface area contributed by atoms with Crippen LogP contribution in [-0.4, -0.2) is 22.0 Å². The third-order valence-electron chi connectivity index (χ3n) is 2.70. The van der Waals surface area contributed by atoms with Crippen molar-refractivity contribution in [2.75, 3.05) is 5.32 Å². The lowest BCUT2D eigenvalue weighted by molar-refractivity contribution is 0.0696. The van der Waals surface area contributed by atoms with E-state index in [0.29, 0.717) is 16.8 Å². The van der Waals surface area contributed by atoms with Gasteiger partial charge in [-0.15, -0.1) is 0 Å². The van der Waals surface area contributed by atoms with E-state index >= 15 is 0 Å². The lowest BCUT2D eigenvalue weighted by Gasteiger charge is -2.08. The molecule has 2 rings (SSSR count). The summed E-state index contributed by atoms with van der Waals surface area (Å²) >= 11 is 5.72. The zero-order valence-corrected chi connectivity index (χ0v) is 11.3. The topological polar surface area (TPSA) is 79.3 Å². The van der Waals surface area contributed by atoms with Gasteiger partial charge in [-0.05, 0) is 42.8 Å². The van der Waals surface area contributed by atoms with E-state index in [2.05, 4.69) is 10.3 Å². The van der Waals surface area contributed by atoms with Crippen LogP contribution in [0.15, 0.2) is 36.5 Å². The van der Waals surface area contributed by atoms with E-state index in [1.165, 1.54) is 24.4 Å². The number of aromatic carboxylic acids is 1. The predicted molar refractivity (Wildman–Crippen MR) is 75.3 cm³/mol. The van der Waals surface area contributed by atoms with Gasteiger partial charge in [0.25, 0.3) is 5.91 Å². The first-order valence-electron chi connectivity index (χ1n) is 5.74. The minimum absolute atomic E-state index is 0.204. The Morgan fingerprint density at radius 2 is 2.00 bits per heavy atom. The van der Waals surface area contributed by atoms with Crippen LogP contribution in [0.3, 0.4) is 0 Å². The molecular weight excluding hydrogens is 280 g/mol. The number of halogens is 1. The van der Waals surface area contributed by atoms with Gasteiger partial charge in [-0.25, -0.2) is 9.78 Å². The molecule has 1 heterocycles. The number of anilines is 1. The summed E-state index contributed by atoms with van der Waals surface area (Å²) in [6.45, 7) is 1.67. The summed E-state index contributed by atoms with van der Waals surface area (Å²) in [5.41, 5.74) is 1.67. The number of aryl methyl sites for hydroxylation is 1. The highest BCUT2D eigenvalue weighted by molar-refractivity contribution is 6.29. The maximum atomic E-state index is 12.0. The van der Waals surface area contributed by atoms with Gasteiger partial charge in [0.15, 0.2) is 0 Å². The second kappa shape index (κ2) is 5.71. The first kappa shape index (κ1) is 14.0. The molecule has 0 aliphatic rings. The Hall–Kier alpha value is -2.40. The molecule has 0 aliphatic carbocycles. The standard InChI is InChI=1S/C14H11ClN2O3/c1-8-6-10(2-3-11(8)14(19)20)17-13(18)9-4-5-16-12(15)7-9/h2-7H,1H3,(H,17,18)(H,19,20). The second-order valence-electron chi connectivity index (χ2n) is 4.16. The monoisotopic (exact) mass is 290 g/mol. The predicted octanol–water partition coefficient (Wildman–Crippen LogP) is 2.99. The number of nitrogens with zero attached hydrogens (tertiary/aromatic N) is 1. The summed E-state index contributed by atoms with van der Waals surface area (Å²) in [5.74, 6) is -1.34. The number of benzene rings is 1. The maximum absolute atomic E-state index is 12.0. The molecule has 0 atom stereocenters. The summed E-state index contributed by atoms with van der Waals surface area (Å²) in [4.78, 5) is 26.7. The van der Waals surface area contributed by atoms with Gasteiger partial charge in [0, 0.05) is 17.4 Å². The Balaban J connectivity index is 2.20. The molecule has 0 aliphatic heterocycles. The van der Waals surface area contributed by atoms with Crippen LogP contribution in [0.4, 0.5) is 5.69 Å². The van der Waals surface area contributed by atoms with Gasteiger partial charge in [-0.2, -0.15) is 0 Å². The van der Waals surface area contributed by atoms with E-state index in [1.54, 1.807) is 19.1 Å². The van der Waals surface area contributed by atoms with Crippen molar-refractivity contribution in [3.8, 4) is 0 Å². The quantitative estimate of drug-likeness (QED) is 0.852. The third-order valence-corrected chi connectivity index (χ3v) is 2.91. The Morgan fingerprint density at radius 1 is 1.25 bits per heavy atom. The number of amides is 1. The molecule has 6 heteroatoms. The van der Waals surface area contributed by atoms with Crippen molar-refractivity contribution in [3.63, 3.8) is 0 Å². The molecule has 1 aromatic heterocycles. The molecule has 0 saturated carbocycles. The van der Waals surface area contributed by atoms with Gasteiger partial charge in [0.05, 0.1) is 5.56 Å². The van der Waals surface area contributed by atoms with E-state index in [4.69, 9.17) is 16.7 Å². The minimum atomic E-state index is -0.999. The largest absolute Gasteiger partial charge is 0.478 e. The average Bonchev–Trinajstić information content (AvgIpc) is 2.38. The van der Waals surface area contributed by atoms with Crippen LogP contribution in [-0.2, 0) is 0 Å². The summed E-state index contributed by atoms with van der Waals surface area (Å²) in [6, 6.07) is 7.59. The fourth-order valence-electron chi connectivity index (χ4n) is 1.73. The van der Waals surface area contributed by atoms with Crippen LogP contribution in [0.1, 0.15) is 26.3 Å². The number of rotatable bonds is 3. The molecular formula is C14H11ClN2O3. The number of hydrogen-bond donors (Lipinski definition) is 2. The van der Waals surface area contributed by atoms with Crippen molar-refractivity contribution >= 4 is 29.2 Å². The fraction of sp³-hybridized carbons (Fsp3) is 0.0714. The Bertz CT molecular complexity index is 686. The van der Waals surface area contributed by atoms with Crippen molar-refractivity contribution in [2.45, 2.75) is 6.92 Å². The molecule has 0 fully saturated rings. The highest BCUT2D eigenvalue weighted by atomic mass is 35.5. The summed E-state index contributed by atoms with van der Waals surface area (Å²) in [5, 5.41) is 11.8. The first-order valence-corrected chi connectivity index (χ1v) is 6.12. The zero-order valence-electron chi connectivity index (χ0n) is 10.6. The van der Waals surface area contributed by atoms with Gasteiger partial charge < -0.3 is 10.4 Å². The Labute approximate surface area is 120 Å². The lowest BCUT2D eigenvalue weighted by Crippen LogP contribution is -2.12. The van der Waals surface area contributed by atoms with Crippen LogP contribution in [0.25, 0.3) is 0 Å². The van der Waals surface area contributed by atoms with Crippen molar-refractivity contribution < 1.29 is 14.7 Å².